The number of hydrogen-bond donors (Lipinski definition) is 1. The summed E-state index contributed by atoms with van der Waals surface area (Å²) in [6.07, 6.45) is 0. The Morgan fingerprint density at radius 1 is 1.20 bits per heavy atom. The third-order valence-electron chi connectivity index (χ3n) is 3.66. The summed E-state index contributed by atoms with van der Waals surface area (Å²) in [5.41, 5.74) is 2.18. The third kappa shape index (κ3) is 3.93. The molecule has 0 saturated carbocycles. The lowest BCUT2D eigenvalue weighted by Crippen LogP contribution is -2.00. The van der Waals surface area contributed by atoms with Crippen LogP contribution in [0.25, 0.3) is 0 Å². The van der Waals surface area contributed by atoms with Gasteiger partial charge < -0.3 is 14.5 Å². The number of ether oxygens (including phenoxy) is 1. The van der Waals surface area contributed by atoms with Gasteiger partial charge in [-0.05, 0) is 36.8 Å². The van der Waals surface area contributed by atoms with Crippen LogP contribution in [0.5, 0.6) is 11.5 Å². The van der Waals surface area contributed by atoms with E-state index in [9.17, 15) is 0 Å². The monoisotopic (exact) mass is 353 g/mol. The van der Waals surface area contributed by atoms with E-state index < -0.39 is 0 Å². The van der Waals surface area contributed by atoms with E-state index in [1.165, 1.54) is 0 Å². The van der Waals surface area contributed by atoms with Crippen LogP contribution in [0.4, 0.5) is 5.88 Å². The summed E-state index contributed by atoms with van der Waals surface area (Å²) < 4.78 is 11.2. The van der Waals surface area contributed by atoms with Gasteiger partial charge in [0.15, 0.2) is 5.89 Å². The van der Waals surface area contributed by atoms with Crippen molar-refractivity contribution in [3.63, 3.8) is 0 Å². The highest BCUT2D eigenvalue weighted by atomic mass is 35.5. The summed E-state index contributed by atoms with van der Waals surface area (Å²) in [5.74, 6) is 2.30. The van der Waals surface area contributed by atoms with Crippen molar-refractivity contribution in [3.8, 4) is 17.6 Å². The predicted octanol–water partition coefficient (Wildman–Crippen LogP) is 5.22. The number of benzene rings is 2. The van der Waals surface area contributed by atoms with Crippen molar-refractivity contribution in [3.05, 3.63) is 70.2 Å². The molecule has 0 radical (unpaired) electrons. The number of nitriles is 1. The van der Waals surface area contributed by atoms with Gasteiger partial charge in [-0.2, -0.15) is 5.26 Å². The molecule has 3 rings (SSSR count). The molecular weight excluding hydrogens is 338 g/mol. The van der Waals surface area contributed by atoms with Gasteiger partial charge in [-0.1, -0.05) is 29.8 Å². The van der Waals surface area contributed by atoms with Gasteiger partial charge in [0.1, 0.15) is 17.6 Å². The van der Waals surface area contributed by atoms with E-state index in [0.29, 0.717) is 23.3 Å². The Hall–Kier alpha value is -2.97. The van der Waals surface area contributed by atoms with Crippen LogP contribution in [0.15, 0.2) is 46.9 Å². The number of anilines is 1. The van der Waals surface area contributed by atoms with E-state index in [4.69, 9.17) is 26.0 Å². The minimum Gasteiger partial charge on any atom is -0.457 e. The molecule has 126 valence electrons. The predicted molar refractivity (Wildman–Crippen MR) is 96.0 cm³/mol. The highest BCUT2D eigenvalue weighted by Gasteiger charge is 2.10. The first-order valence-electron chi connectivity index (χ1n) is 7.70. The Morgan fingerprint density at radius 3 is 2.68 bits per heavy atom. The molecule has 0 aliphatic rings. The Morgan fingerprint density at radius 2 is 1.96 bits per heavy atom. The zero-order valence-electron chi connectivity index (χ0n) is 13.8. The normalized spacial score (nSPS) is 10.3. The lowest BCUT2D eigenvalue weighted by Gasteiger charge is -2.10. The maximum absolute atomic E-state index is 9.01. The summed E-state index contributed by atoms with van der Waals surface area (Å²) in [7, 11) is 0. The average molecular weight is 354 g/mol. The molecule has 0 amide bonds. The highest BCUT2D eigenvalue weighted by molar-refractivity contribution is 6.31. The van der Waals surface area contributed by atoms with E-state index in [-0.39, 0.29) is 5.69 Å². The molecule has 1 N–H and O–H groups in total. The first-order chi connectivity index (χ1) is 12.1. The number of oxazole rings is 1. The molecule has 0 bridgehead atoms. The van der Waals surface area contributed by atoms with Crippen LogP contribution in [0.2, 0.25) is 5.02 Å². The summed E-state index contributed by atoms with van der Waals surface area (Å²) in [6.45, 7) is 4.14. The average Bonchev–Trinajstić information content (AvgIpc) is 2.98. The number of hydrogen-bond acceptors (Lipinski definition) is 5. The van der Waals surface area contributed by atoms with Crippen LogP contribution in [0.1, 0.15) is 22.7 Å². The molecule has 1 heterocycles. The van der Waals surface area contributed by atoms with E-state index in [2.05, 4.69) is 10.3 Å². The topological polar surface area (TPSA) is 71.1 Å². The number of aromatic nitrogens is 1. The molecule has 0 aliphatic heterocycles. The van der Waals surface area contributed by atoms with Gasteiger partial charge in [0.05, 0.1) is 0 Å². The number of aryl methyl sites for hydroxylation is 1. The second-order valence-electron chi connectivity index (χ2n) is 5.48. The fraction of sp³-hybridized carbons (Fsp3) is 0.158. The fourth-order valence-electron chi connectivity index (χ4n) is 2.31. The molecule has 0 spiro atoms. The van der Waals surface area contributed by atoms with Crippen LogP contribution in [0, 0.1) is 25.2 Å². The van der Waals surface area contributed by atoms with Crippen molar-refractivity contribution in [2.75, 3.05) is 5.32 Å². The maximum Gasteiger partial charge on any atom is 0.232 e. The van der Waals surface area contributed by atoms with Crippen molar-refractivity contribution in [2.24, 2.45) is 0 Å². The molecule has 0 atom stereocenters. The standard InChI is InChI=1S/C19H16ClN3O2/c1-12-16(20)4-3-5-18(12)25-15-8-6-14(7-9-15)11-22-19-17(10-21)23-13(2)24-19/h3-9,22H,11H2,1-2H3. The second-order valence-corrected chi connectivity index (χ2v) is 5.89. The van der Waals surface area contributed by atoms with Crippen LogP contribution in [0.3, 0.4) is 0 Å². The third-order valence-corrected chi connectivity index (χ3v) is 4.07. The SMILES string of the molecule is Cc1nc(C#N)c(NCc2ccc(Oc3cccc(Cl)c3C)cc2)o1. The van der Waals surface area contributed by atoms with E-state index in [1.54, 1.807) is 6.92 Å². The smallest absolute Gasteiger partial charge is 0.232 e. The fourth-order valence-corrected chi connectivity index (χ4v) is 2.47. The van der Waals surface area contributed by atoms with E-state index in [0.717, 1.165) is 22.6 Å². The number of rotatable bonds is 5. The minimum absolute atomic E-state index is 0.258. The summed E-state index contributed by atoms with van der Waals surface area (Å²) in [6, 6.07) is 15.2. The largest absolute Gasteiger partial charge is 0.457 e. The molecule has 0 saturated heterocycles. The van der Waals surface area contributed by atoms with Crippen molar-refractivity contribution in [1.29, 1.82) is 5.26 Å². The molecule has 25 heavy (non-hydrogen) atoms. The quantitative estimate of drug-likeness (QED) is 0.680. The molecule has 0 fully saturated rings. The molecule has 5 nitrogen and oxygen atoms in total. The highest BCUT2D eigenvalue weighted by Crippen LogP contribution is 2.29. The molecule has 1 aromatic heterocycles. The zero-order valence-corrected chi connectivity index (χ0v) is 14.6. The Kier molecular flexibility index (Phi) is 4.92. The number of nitrogens with one attached hydrogen (secondary N) is 1. The summed E-state index contributed by atoms with van der Waals surface area (Å²) in [4.78, 5) is 4.00. The van der Waals surface area contributed by atoms with E-state index >= 15 is 0 Å². The number of halogens is 1. The minimum atomic E-state index is 0.258. The van der Waals surface area contributed by atoms with Gasteiger partial charge in [-0.15, -0.1) is 0 Å². The van der Waals surface area contributed by atoms with Crippen LogP contribution in [-0.2, 0) is 6.54 Å². The second kappa shape index (κ2) is 7.29. The zero-order chi connectivity index (χ0) is 17.8. The molecule has 6 heteroatoms. The van der Waals surface area contributed by atoms with Gasteiger partial charge in [0.25, 0.3) is 0 Å². The van der Waals surface area contributed by atoms with Crippen molar-refractivity contribution >= 4 is 17.5 Å². The summed E-state index contributed by atoms with van der Waals surface area (Å²) >= 11 is 6.11. The van der Waals surface area contributed by atoms with Gasteiger partial charge in [-0.25, -0.2) is 4.98 Å². The lowest BCUT2D eigenvalue weighted by molar-refractivity contribution is 0.479. The molecule has 3 aromatic rings. The Labute approximate surface area is 150 Å². The van der Waals surface area contributed by atoms with E-state index in [1.807, 2.05) is 55.5 Å². The first-order valence-corrected chi connectivity index (χ1v) is 8.08. The van der Waals surface area contributed by atoms with Gasteiger partial charge in [0.2, 0.25) is 11.6 Å². The summed E-state index contributed by atoms with van der Waals surface area (Å²) in [5, 5.41) is 12.8. The molecule has 0 unspecified atom stereocenters. The molecule has 0 aliphatic carbocycles. The number of nitrogens with zero attached hydrogens (tertiary/aromatic N) is 2. The maximum atomic E-state index is 9.01. The van der Waals surface area contributed by atoms with Crippen molar-refractivity contribution in [1.82, 2.24) is 4.98 Å². The van der Waals surface area contributed by atoms with Crippen LogP contribution >= 0.6 is 11.6 Å². The van der Waals surface area contributed by atoms with Crippen molar-refractivity contribution in [2.45, 2.75) is 20.4 Å². The van der Waals surface area contributed by atoms with Gasteiger partial charge in [-0.3, -0.25) is 0 Å². The first kappa shape index (κ1) is 16.9. The van der Waals surface area contributed by atoms with Crippen molar-refractivity contribution < 1.29 is 9.15 Å². The Balaban J connectivity index is 1.66. The molecular formula is C19H16ClN3O2. The molecule has 2 aromatic carbocycles. The van der Waals surface area contributed by atoms with Crippen LogP contribution in [-0.4, -0.2) is 4.98 Å². The van der Waals surface area contributed by atoms with Crippen LogP contribution < -0.4 is 10.1 Å². The Bertz CT molecular complexity index is 927. The lowest BCUT2D eigenvalue weighted by atomic mass is 10.2. The van der Waals surface area contributed by atoms with Gasteiger partial charge in [0, 0.05) is 24.1 Å². The van der Waals surface area contributed by atoms with Gasteiger partial charge >= 0.3 is 0 Å².